The number of benzene rings is 1. The molecule has 0 aliphatic carbocycles. The molecule has 0 radical (unpaired) electrons. The predicted octanol–water partition coefficient (Wildman–Crippen LogP) is 2.50. The van der Waals surface area contributed by atoms with Crippen molar-refractivity contribution in [2.45, 2.75) is 19.9 Å². The summed E-state index contributed by atoms with van der Waals surface area (Å²) in [4.78, 5) is 11.1. The number of rotatable bonds is 3. The third-order valence-corrected chi connectivity index (χ3v) is 2.58. The molecule has 1 aromatic carbocycles. The van der Waals surface area contributed by atoms with Crippen LogP contribution in [0.25, 0.3) is 11.3 Å². The average molecular weight is 267 g/mol. The Bertz CT molecular complexity index is 638. The molecular formula is C12H11F2N3O2. The molecule has 0 aliphatic rings. The highest BCUT2D eigenvalue weighted by molar-refractivity contribution is 5.92. The molecule has 0 saturated heterocycles. The van der Waals surface area contributed by atoms with Crippen molar-refractivity contribution < 1.29 is 18.7 Å². The van der Waals surface area contributed by atoms with E-state index in [-0.39, 0.29) is 23.0 Å². The molecule has 19 heavy (non-hydrogen) atoms. The lowest BCUT2D eigenvalue weighted by Gasteiger charge is -2.10. The van der Waals surface area contributed by atoms with Crippen molar-refractivity contribution >= 4 is 5.97 Å². The van der Waals surface area contributed by atoms with Crippen molar-refractivity contribution in [2.75, 3.05) is 0 Å². The lowest BCUT2D eigenvalue weighted by molar-refractivity contribution is 0.0691. The molecule has 5 nitrogen and oxygen atoms in total. The van der Waals surface area contributed by atoms with Crippen LogP contribution in [0.15, 0.2) is 18.2 Å². The molecule has 0 aliphatic heterocycles. The SMILES string of the molecule is CC(C)n1nnc(C(=O)O)c1-c1ccc(F)c(F)c1. The van der Waals surface area contributed by atoms with Crippen molar-refractivity contribution in [3.05, 3.63) is 35.5 Å². The first-order chi connectivity index (χ1) is 8.91. The average Bonchev–Trinajstić information content (AvgIpc) is 2.77. The van der Waals surface area contributed by atoms with E-state index in [4.69, 9.17) is 5.11 Å². The molecule has 1 heterocycles. The van der Waals surface area contributed by atoms with Gasteiger partial charge in [-0.05, 0) is 32.0 Å². The van der Waals surface area contributed by atoms with Gasteiger partial charge in [0.25, 0.3) is 0 Å². The number of nitrogens with zero attached hydrogens (tertiary/aromatic N) is 3. The molecule has 0 bridgehead atoms. The quantitative estimate of drug-likeness (QED) is 0.927. The molecule has 0 amide bonds. The van der Waals surface area contributed by atoms with E-state index in [1.54, 1.807) is 13.8 Å². The number of aromatic nitrogens is 3. The zero-order valence-electron chi connectivity index (χ0n) is 10.3. The topological polar surface area (TPSA) is 68.0 Å². The van der Waals surface area contributed by atoms with Gasteiger partial charge in [-0.15, -0.1) is 5.10 Å². The van der Waals surface area contributed by atoms with Crippen LogP contribution in [-0.4, -0.2) is 26.1 Å². The van der Waals surface area contributed by atoms with Crippen molar-refractivity contribution in [2.24, 2.45) is 0 Å². The van der Waals surface area contributed by atoms with E-state index in [0.717, 1.165) is 12.1 Å². The lowest BCUT2D eigenvalue weighted by Crippen LogP contribution is -2.07. The molecule has 7 heteroatoms. The summed E-state index contributed by atoms with van der Waals surface area (Å²) in [5, 5.41) is 16.4. The summed E-state index contributed by atoms with van der Waals surface area (Å²) in [6, 6.07) is 3.00. The minimum Gasteiger partial charge on any atom is -0.476 e. The fourth-order valence-electron chi connectivity index (χ4n) is 1.71. The van der Waals surface area contributed by atoms with E-state index < -0.39 is 17.6 Å². The summed E-state index contributed by atoms with van der Waals surface area (Å²) in [6.45, 7) is 3.56. The normalized spacial score (nSPS) is 11.0. The van der Waals surface area contributed by atoms with Crippen LogP contribution in [0.2, 0.25) is 0 Å². The summed E-state index contributed by atoms with van der Waals surface area (Å²) in [5.41, 5.74) is 0.0797. The van der Waals surface area contributed by atoms with E-state index in [0.29, 0.717) is 0 Å². The largest absolute Gasteiger partial charge is 0.476 e. The van der Waals surface area contributed by atoms with E-state index in [1.807, 2.05) is 0 Å². The van der Waals surface area contributed by atoms with Gasteiger partial charge in [0.15, 0.2) is 17.3 Å². The lowest BCUT2D eigenvalue weighted by atomic mass is 10.1. The smallest absolute Gasteiger partial charge is 0.358 e. The fraction of sp³-hybridized carbons (Fsp3) is 0.250. The zero-order valence-corrected chi connectivity index (χ0v) is 10.3. The van der Waals surface area contributed by atoms with Gasteiger partial charge in [-0.25, -0.2) is 18.3 Å². The Morgan fingerprint density at radius 3 is 2.53 bits per heavy atom. The van der Waals surface area contributed by atoms with Gasteiger partial charge in [-0.3, -0.25) is 0 Å². The second-order valence-corrected chi connectivity index (χ2v) is 4.26. The summed E-state index contributed by atoms with van der Waals surface area (Å²) in [7, 11) is 0. The van der Waals surface area contributed by atoms with Crippen molar-refractivity contribution in [3.63, 3.8) is 0 Å². The number of carboxylic acid groups (broad SMARTS) is 1. The highest BCUT2D eigenvalue weighted by atomic mass is 19.2. The van der Waals surface area contributed by atoms with E-state index in [2.05, 4.69) is 10.3 Å². The molecule has 0 unspecified atom stereocenters. The van der Waals surface area contributed by atoms with Crippen LogP contribution >= 0.6 is 0 Å². The molecule has 100 valence electrons. The Hall–Kier alpha value is -2.31. The molecular weight excluding hydrogens is 256 g/mol. The number of aromatic carboxylic acids is 1. The zero-order chi connectivity index (χ0) is 14.2. The minimum atomic E-state index is -1.27. The Morgan fingerprint density at radius 2 is 2.00 bits per heavy atom. The molecule has 1 aromatic heterocycles. The first kappa shape index (κ1) is 13.1. The molecule has 0 saturated carbocycles. The predicted molar refractivity (Wildman–Crippen MR) is 62.7 cm³/mol. The first-order valence-electron chi connectivity index (χ1n) is 5.55. The summed E-state index contributed by atoms with van der Waals surface area (Å²) < 4.78 is 27.6. The van der Waals surface area contributed by atoms with Crippen LogP contribution in [-0.2, 0) is 0 Å². The van der Waals surface area contributed by atoms with Gasteiger partial charge >= 0.3 is 5.97 Å². The molecule has 1 N–H and O–H groups in total. The minimum absolute atomic E-state index is 0.154. The third-order valence-electron chi connectivity index (χ3n) is 2.58. The fourth-order valence-corrected chi connectivity index (χ4v) is 1.71. The molecule has 0 fully saturated rings. The highest BCUT2D eigenvalue weighted by Crippen LogP contribution is 2.26. The van der Waals surface area contributed by atoms with E-state index >= 15 is 0 Å². The van der Waals surface area contributed by atoms with Crippen LogP contribution in [0.5, 0.6) is 0 Å². The molecule has 2 rings (SSSR count). The number of hydrogen-bond donors (Lipinski definition) is 1. The Morgan fingerprint density at radius 1 is 1.32 bits per heavy atom. The Kier molecular flexibility index (Phi) is 3.28. The monoisotopic (exact) mass is 267 g/mol. The number of hydrogen-bond acceptors (Lipinski definition) is 3. The van der Waals surface area contributed by atoms with Gasteiger partial charge in [0.1, 0.15) is 5.69 Å². The van der Waals surface area contributed by atoms with Gasteiger partial charge in [-0.1, -0.05) is 5.21 Å². The van der Waals surface area contributed by atoms with Gasteiger partial charge in [0.2, 0.25) is 0 Å². The summed E-state index contributed by atoms with van der Waals surface area (Å²) in [5.74, 6) is -3.32. The van der Waals surface area contributed by atoms with Crippen LogP contribution in [0.4, 0.5) is 8.78 Å². The van der Waals surface area contributed by atoms with Crippen LogP contribution in [0.3, 0.4) is 0 Å². The van der Waals surface area contributed by atoms with Gasteiger partial charge in [0, 0.05) is 11.6 Å². The second-order valence-electron chi connectivity index (χ2n) is 4.26. The van der Waals surface area contributed by atoms with E-state index in [1.165, 1.54) is 10.7 Å². The maximum atomic E-state index is 13.3. The Labute approximate surface area is 107 Å². The van der Waals surface area contributed by atoms with Gasteiger partial charge in [0.05, 0.1) is 0 Å². The van der Waals surface area contributed by atoms with Crippen molar-refractivity contribution in [3.8, 4) is 11.3 Å². The highest BCUT2D eigenvalue weighted by Gasteiger charge is 2.22. The van der Waals surface area contributed by atoms with E-state index in [9.17, 15) is 13.6 Å². The van der Waals surface area contributed by atoms with Crippen LogP contribution in [0.1, 0.15) is 30.4 Å². The number of carbonyl (C=O) groups is 1. The number of halogens is 2. The second kappa shape index (κ2) is 4.75. The third kappa shape index (κ3) is 2.31. The maximum absolute atomic E-state index is 13.3. The van der Waals surface area contributed by atoms with Crippen molar-refractivity contribution in [1.29, 1.82) is 0 Å². The molecule has 0 spiro atoms. The standard InChI is InChI=1S/C12H11F2N3O2/c1-6(2)17-11(10(12(18)19)15-16-17)7-3-4-8(13)9(14)5-7/h3-6H,1-2H3,(H,18,19). The summed E-state index contributed by atoms with van der Waals surface area (Å²) >= 11 is 0. The molecule has 0 atom stereocenters. The van der Waals surface area contributed by atoms with Crippen LogP contribution in [0, 0.1) is 11.6 Å². The first-order valence-corrected chi connectivity index (χ1v) is 5.55. The van der Waals surface area contributed by atoms with Gasteiger partial charge in [-0.2, -0.15) is 0 Å². The maximum Gasteiger partial charge on any atom is 0.358 e. The molecule has 2 aromatic rings. The van der Waals surface area contributed by atoms with Crippen LogP contribution < -0.4 is 0 Å². The van der Waals surface area contributed by atoms with Gasteiger partial charge < -0.3 is 5.11 Å². The Balaban J connectivity index is 2.67. The van der Waals surface area contributed by atoms with Crippen molar-refractivity contribution in [1.82, 2.24) is 15.0 Å². The summed E-state index contributed by atoms with van der Waals surface area (Å²) in [6.07, 6.45) is 0. The number of carboxylic acids is 1.